The van der Waals surface area contributed by atoms with Crippen molar-refractivity contribution in [2.75, 3.05) is 0 Å². The first-order valence-electron chi connectivity index (χ1n) is 7.98. The smallest absolute Gasteiger partial charge is 0.221 e. The Morgan fingerprint density at radius 3 is 3.00 bits per heavy atom. The first-order chi connectivity index (χ1) is 9.93. The molecule has 0 aromatic carbocycles. The number of allylic oxidation sites excluding steroid dienone is 2. The highest BCUT2D eigenvalue weighted by atomic mass is 16.3. The molecule has 3 rings (SSSR count). The lowest BCUT2D eigenvalue weighted by Gasteiger charge is -2.34. The molecular weight excluding hydrogens is 262 g/mol. The lowest BCUT2D eigenvalue weighted by atomic mass is 9.74. The molecule has 0 bridgehead atoms. The third-order valence-electron chi connectivity index (χ3n) is 4.63. The highest BCUT2D eigenvalue weighted by Gasteiger charge is 2.35. The summed E-state index contributed by atoms with van der Waals surface area (Å²) in [6.07, 6.45) is 9.12. The maximum absolute atomic E-state index is 12.3. The van der Waals surface area contributed by atoms with Crippen molar-refractivity contribution in [1.29, 1.82) is 0 Å². The van der Waals surface area contributed by atoms with Crippen molar-refractivity contribution in [2.45, 2.75) is 58.9 Å². The van der Waals surface area contributed by atoms with Gasteiger partial charge in [-0.15, -0.1) is 0 Å². The number of hydrogen-bond donors (Lipinski definition) is 1. The average molecular weight is 287 g/mol. The predicted molar refractivity (Wildman–Crippen MR) is 82.9 cm³/mol. The van der Waals surface area contributed by atoms with Crippen LogP contribution in [0.5, 0.6) is 0 Å². The minimum atomic E-state index is 0.0964. The van der Waals surface area contributed by atoms with Crippen LogP contribution in [-0.4, -0.2) is 5.91 Å². The molecule has 1 heterocycles. The molecular formula is C18H25NO2. The van der Waals surface area contributed by atoms with E-state index in [1.54, 1.807) is 0 Å². The monoisotopic (exact) mass is 287 g/mol. The number of rotatable bonds is 3. The molecule has 0 fully saturated rings. The normalized spacial score (nSPS) is 26.6. The lowest BCUT2D eigenvalue weighted by Crippen LogP contribution is -2.36. The summed E-state index contributed by atoms with van der Waals surface area (Å²) in [6.45, 7) is 6.47. The van der Waals surface area contributed by atoms with Gasteiger partial charge in [-0.25, -0.2) is 0 Å². The zero-order valence-electron chi connectivity index (χ0n) is 13.2. The minimum Gasteiger partial charge on any atom is -0.466 e. The van der Waals surface area contributed by atoms with Crippen molar-refractivity contribution in [3.05, 3.63) is 35.3 Å². The zero-order chi connectivity index (χ0) is 15.0. The van der Waals surface area contributed by atoms with E-state index in [4.69, 9.17) is 4.42 Å². The predicted octanol–water partition coefficient (Wildman–Crippen LogP) is 4.07. The van der Waals surface area contributed by atoms with Gasteiger partial charge in [-0.1, -0.05) is 26.0 Å². The van der Waals surface area contributed by atoms with E-state index in [0.29, 0.717) is 12.3 Å². The summed E-state index contributed by atoms with van der Waals surface area (Å²) in [7, 11) is 0. The summed E-state index contributed by atoms with van der Waals surface area (Å²) in [4.78, 5) is 12.3. The molecule has 0 spiro atoms. The number of hydrogen-bond acceptors (Lipinski definition) is 2. The summed E-state index contributed by atoms with van der Waals surface area (Å²) in [5, 5.41) is 3.24. The molecule has 3 nitrogen and oxygen atoms in total. The van der Waals surface area contributed by atoms with Gasteiger partial charge < -0.3 is 9.73 Å². The summed E-state index contributed by atoms with van der Waals surface area (Å²) in [5.41, 5.74) is 1.35. The largest absolute Gasteiger partial charge is 0.466 e. The van der Waals surface area contributed by atoms with Gasteiger partial charge in [0, 0.05) is 18.4 Å². The van der Waals surface area contributed by atoms with Gasteiger partial charge in [0.25, 0.3) is 0 Å². The van der Waals surface area contributed by atoms with E-state index >= 15 is 0 Å². The number of furan rings is 1. The van der Waals surface area contributed by atoms with Crippen molar-refractivity contribution < 1.29 is 9.21 Å². The molecule has 0 saturated carbocycles. The van der Waals surface area contributed by atoms with Crippen LogP contribution in [0.2, 0.25) is 0 Å². The third kappa shape index (κ3) is 3.22. The van der Waals surface area contributed by atoms with E-state index in [1.165, 1.54) is 5.56 Å². The summed E-state index contributed by atoms with van der Waals surface area (Å²) in [6, 6.07) is 2.18. The highest BCUT2D eigenvalue weighted by Crippen LogP contribution is 2.42. The van der Waals surface area contributed by atoms with Crippen LogP contribution in [0.4, 0.5) is 0 Å². The van der Waals surface area contributed by atoms with Gasteiger partial charge in [0.15, 0.2) is 0 Å². The van der Waals surface area contributed by atoms with E-state index in [2.05, 4.69) is 37.4 Å². The second-order valence-electron chi connectivity index (χ2n) is 7.37. The van der Waals surface area contributed by atoms with Crippen LogP contribution >= 0.6 is 0 Å². The summed E-state index contributed by atoms with van der Waals surface area (Å²) < 4.78 is 5.82. The van der Waals surface area contributed by atoms with E-state index in [1.807, 2.05) is 6.92 Å². The van der Waals surface area contributed by atoms with Crippen LogP contribution in [0.25, 0.3) is 0 Å². The Labute approximate surface area is 126 Å². The van der Waals surface area contributed by atoms with Crippen LogP contribution < -0.4 is 5.32 Å². The molecule has 1 N–H and O–H groups in total. The Bertz CT molecular complexity index is 568. The Balaban J connectivity index is 1.71. The standard InChI is InChI=1S/C18H25NO2/c1-12-8-14-15(10-18(2,3)11-16(14)21-12)19-17(20)9-13-6-4-5-7-13/h4,6,8,13,15H,5,7,9-11H2,1-3H3,(H,19,20). The molecule has 0 saturated heterocycles. The number of carbonyl (C=O) groups excluding carboxylic acids is 1. The summed E-state index contributed by atoms with van der Waals surface area (Å²) >= 11 is 0. The van der Waals surface area contributed by atoms with Crippen LogP contribution in [0.3, 0.4) is 0 Å². The van der Waals surface area contributed by atoms with Gasteiger partial charge in [-0.3, -0.25) is 4.79 Å². The Morgan fingerprint density at radius 2 is 2.29 bits per heavy atom. The fraction of sp³-hybridized carbons (Fsp3) is 0.611. The number of amides is 1. The Kier molecular flexibility index (Phi) is 3.68. The Morgan fingerprint density at radius 1 is 1.48 bits per heavy atom. The topological polar surface area (TPSA) is 42.2 Å². The van der Waals surface area contributed by atoms with Gasteiger partial charge in [0.05, 0.1) is 6.04 Å². The molecule has 114 valence electrons. The molecule has 1 aromatic rings. The minimum absolute atomic E-state index is 0.0964. The van der Waals surface area contributed by atoms with Crippen LogP contribution in [0, 0.1) is 18.3 Å². The van der Waals surface area contributed by atoms with Gasteiger partial charge in [0.2, 0.25) is 5.91 Å². The van der Waals surface area contributed by atoms with Gasteiger partial charge in [-0.2, -0.15) is 0 Å². The molecule has 2 aliphatic rings. The molecule has 21 heavy (non-hydrogen) atoms. The highest BCUT2D eigenvalue weighted by molar-refractivity contribution is 5.77. The van der Waals surface area contributed by atoms with Crippen LogP contribution in [0.15, 0.2) is 22.6 Å². The first kappa shape index (κ1) is 14.4. The van der Waals surface area contributed by atoms with Crippen molar-refractivity contribution >= 4 is 5.91 Å². The quantitative estimate of drug-likeness (QED) is 0.851. The molecule has 0 aliphatic heterocycles. The van der Waals surface area contributed by atoms with Crippen LogP contribution in [-0.2, 0) is 11.2 Å². The van der Waals surface area contributed by atoms with Crippen molar-refractivity contribution in [3.8, 4) is 0 Å². The SMILES string of the molecule is Cc1cc2c(o1)CC(C)(C)CC2NC(=O)CC1C=CCC1. The van der Waals surface area contributed by atoms with E-state index < -0.39 is 0 Å². The second kappa shape index (κ2) is 5.36. The van der Waals surface area contributed by atoms with Crippen molar-refractivity contribution in [1.82, 2.24) is 5.32 Å². The maximum atomic E-state index is 12.3. The molecule has 2 unspecified atom stereocenters. The Hall–Kier alpha value is -1.51. The molecule has 0 radical (unpaired) electrons. The summed E-state index contributed by atoms with van der Waals surface area (Å²) in [5.74, 6) is 2.58. The van der Waals surface area contributed by atoms with Gasteiger partial charge in [-0.05, 0) is 43.6 Å². The molecule has 1 aromatic heterocycles. The van der Waals surface area contributed by atoms with Crippen molar-refractivity contribution in [3.63, 3.8) is 0 Å². The van der Waals surface area contributed by atoms with Crippen LogP contribution in [0.1, 0.15) is 62.7 Å². The maximum Gasteiger partial charge on any atom is 0.221 e. The molecule has 2 aliphatic carbocycles. The second-order valence-corrected chi connectivity index (χ2v) is 7.37. The number of carbonyl (C=O) groups is 1. The molecule has 1 amide bonds. The lowest BCUT2D eigenvalue weighted by molar-refractivity contribution is -0.122. The first-order valence-corrected chi connectivity index (χ1v) is 7.98. The van der Waals surface area contributed by atoms with Crippen molar-refractivity contribution in [2.24, 2.45) is 11.3 Å². The fourth-order valence-electron chi connectivity index (χ4n) is 3.67. The molecule has 2 atom stereocenters. The van der Waals surface area contributed by atoms with E-state index in [9.17, 15) is 4.79 Å². The number of fused-ring (bicyclic) bond motifs is 1. The fourth-order valence-corrected chi connectivity index (χ4v) is 3.67. The molecule has 3 heteroatoms. The number of nitrogens with one attached hydrogen (secondary N) is 1. The van der Waals surface area contributed by atoms with E-state index in [-0.39, 0.29) is 17.4 Å². The van der Waals surface area contributed by atoms with E-state index in [0.717, 1.165) is 37.2 Å². The average Bonchev–Trinajstić information content (AvgIpc) is 2.96. The van der Waals surface area contributed by atoms with Gasteiger partial charge >= 0.3 is 0 Å². The van der Waals surface area contributed by atoms with Gasteiger partial charge in [0.1, 0.15) is 11.5 Å². The third-order valence-corrected chi connectivity index (χ3v) is 4.63. The zero-order valence-corrected chi connectivity index (χ0v) is 13.2. The number of aryl methyl sites for hydroxylation is 1.